The van der Waals surface area contributed by atoms with E-state index in [2.05, 4.69) is 18.3 Å². The molecule has 1 N–H and O–H groups in total. The number of carbonyl (C=O) groups is 2. The van der Waals surface area contributed by atoms with Crippen LogP contribution in [0.4, 0.5) is 11.4 Å². The molecule has 1 heterocycles. The Morgan fingerprint density at radius 1 is 1.08 bits per heavy atom. The van der Waals surface area contributed by atoms with E-state index in [1.165, 1.54) is 5.56 Å². The molecule has 0 bridgehead atoms. The van der Waals surface area contributed by atoms with Gasteiger partial charge in [0, 0.05) is 29.9 Å². The van der Waals surface area contributed by atoms with Crippen LogP contribution in [0, 0.1) is 0 Å². The Kier molecular flexibility index (Phi) is 5.49. The number of benzene rings is 2. The number of para-hydroxylation sites is 1. The van der Waals surface area contributed by atoms with Crippen LogP contribution < -0.4 is 10.2 Å². The maximum absolute atomic E-state index is 12.9. The fourth-order valence-corrected chi connectivity index (χ4v) is 3.16. The maximum atomic E-state index is 12.9. The molecule has 1 aliphatic rings. The second-order valence-corrected chi connectivity index (χ2v) is 6.42. The lowest BCUT2D eigenvalue weighted by Gasteiger charge is -2.29. The van der Waals surface area contributed by atoms with Gasteiger partial charge in [-0.2, -0.15) is 0 Å². The van der Waals surface area contributed by atoms with E-state index in [9.17, 15) is 9.59 Å². The Labute approximate surface area is 148 Å². The van der Waals surface area contributed by atoms with Crippen molar-refractivity contribution in [3.05, 3.63) is 59.7 Å². The number of nitrogens with zero attached hydrogens (tertiary/aromatic N) is 1. The first-order valence-electron chi connectivity index (χ1n) is 8.98. The molecule has 0 spiro atoms. The number of amides is 2. The number of unbranched alkanes of at least 4 members (excludes halogenated alkanes) is 1. The third kappa shape index (κ3) is 4.08. The number of aryl methyl sites for hydroxylation is 1. The molecule has 2 amide bonds. The van der Waals surface area contributed by atoms with Gasteiger partial charge in [-0.15, -0.1) is 0 Å². The summed E-state index contributed by atoms with van der Waals surface area (Å²) in [5, 5.41) is 2.87. The minimum absolute atomic E-state index is 0.0102. The van der Waals surface area contributed by atoms with Crippen LogP contribution in [0.5, 0.6) is 0 Å². The van der Waals surface area contributed by atoms with Gasteiger partial charge in [0.05, 0.1) is 0 Å². The molecule has 3 rings (SSSR count). The topological polar surface area (TPSA) is 49.4 Å². The van der Waals surface area contributed by atoms with Gasteiger partial charge in [-0.1, -0.05) is 31.5 Å². The number of rotatable bonds is 5. The van der Waals surface area contributed by atoms with Gasteiger partial charge in [0.2, 0.25) is 5.91 Å². The van der Waals surface area contributed by atoms with Crippen molar-refractivity contribution in [2.24, 2.45) is 0 Å². The van der Waals surface area contributed by atoms with Crippen molar-refractivity contribution < 1.29 is 9.59 Å². The van der Waals surface area contributed by atoms with Crippen molar-refractivity contribution in [1.82, 2.24) is 0 Å². The average Bonchev–Trinajstić information content (AvgIpc) is 2.66. The predicted molar refractivity (Wildman–Crippen MR) is 101 cm³/mol. The highest BCUT2D eigenvalue weighted by molar-refractivity contribution is 6.07. The Bertz CT molecular complexity index is 753. The summed E-state index contributed by atoms with van der Waals surface area (Å²) in [6.07, 6.45) is 4.41. The zero-order valence-corrected chi connectivity index (χ0v) is 14.6. The molecule has 0 unspecified atom stereocenters. The first-order chi connectivity index (χ1) is 12.2. The third-order valence-electron chi connectivity index (χ3n) is 4.53. The molecule has 0 fully saturated rings. The molecule has 130 valence electrons. The minimum atomic E-state index is 0.0102. The van der Waals surface area contributed by atoms with Gasteiger partial charge >= 0.3 is 0 Å². The molecule has 4 heteroatoms. The number of hydrogen-bond acceptors (Lipinski definition) is 2. The van der Waals surface area contributed by atoms with Crippen LogP contribution in [0.15, 0.2) is 48.5 Å². The molecule has 2 aromatic carbocycles. The summed E-state index contributed by atoms with van der Waals surface area (Å²) >= 11 is 0. The summed E-state index contributed by atoms with van der Waals surface area (Å²) < 4.78 is 0. The largest absolute Gasteiger partial charge is 0.326 e. The highest BCUT2D eigenvalue weighted by Gasteiger charge is 2.23. The van der Waals surface area contributed by atoms with Crippen LogP contribution in [-0.4, -0.2) is 18.4 Å². The van der Waals surface area contributed by atoms with Crippen molar-refractivity contribution in [3.63, 3.8) is 0 Å². The Morgan fingerprint density at radius 2 is 1.84 bits per heavy atom. The van der Waals surface area contributed by atoms with Crippen molar-refractivity contribution in [2.45, 2.75) is 39.0 Å². The van der Waals surface area contributed by atoms with Gasteiger partial charge in [0.1, 0.15) is 0 Å². The summed E-state index contributed by atoms with van der Waals surface area (Å²) in [5.41, 5.74) is 3.61. The zero-order valence-electron chi connectivity index (χ0n) is 14.6. The summed E-state index contributed by atoms with van der Waals surface area (Å²) in [5.74, 6) is 0.0295. The normalized spacial score (nSPS) is 13.2. The lowest BCUT2D eigenvalue weighted by Crippen LogP contribution is -2.35. The van der Waals surface area contributed by atoms with Crippen LogP contribution in [0.25, 0.3) is 0 Å². The average molecular weight is 336 g/mol. The SMILES string of the molecule is CCCCC(=O)Nc1ccc(C(=O)N2CCCc3ccccc32)cc1. The highest BCUT2D eigenvalue weighted by Crippen LogP contribution is 2.28. The Balaban J connectivity index is 1.70. The van der Waals surface area contributed by atoms with Gasteiger partial charge in [-0.3, -0.25) is 9.59 Å². The van der Waals surface area contributed by atoms with E-state index in [1.807, 2.05) is 23.1 Å². The fraction of sp³-hybridized carbons (Fsp3) is 0.333. The summed E-state index contributed by atoms with van der Waals surface area (Å²) in [7, 11) is 0. The van der Waals surface area contributed by atoms with Crippen LogP contribution in [0.2, 0.25) is 0 Å². The van der Waals surface area contributed by atoms with Crippen LogP contribution >= 0.6 is 0 Å². The first-order valence-corrected chi connectivity index (χ1v) is 8.98. The molecule has 0 aromatic heterocycles. The van der Waals surface area contributed by atoms with Crippen molar-refractivity contribution in [1.29, 1.82) is 0 Å². The van der Waals surface area contributed by atoms with E-state index in [-0.39, 0.29) is 11.8 Å². The number of carbonyl (C=O) groups excluding carboxylic acids is 2. The molecular formula is C21H24N2O2. The van der Waals surface area contributed by atoms with Gasteiger partial charge in [0.15, 0.2) is 0 Å². The smallest absolute Gasteiger partial charge is 0.258 e. The van der Waals surface area contributed by atoms with Crippen molar-refractivity contribution >= 4 is 23.2 Å². The molecular weight excluding hydrogens is 312 g/mol. The van der Waals surface area contributed by atoms with E-state index in [0.717, 1.165) is 43.6 Å². The molecule has 0 saturated carbocycles. The number of anilines is 2. The molecule has 25 heavy (non-hydrogen) atoms. The van der Waals surface area contributed by atoms with E-state index < -0.39 is 0 Å². The number of nitrogens with one attached hydrogen (secondary N) is 1. The van der Waals surface area contributed by atoms with Crippen LogP contribution in [0.3, 0.4) is 0 Å². The summed E-state index contributed by atoms with van der Waals surface area (Å²) in [6, 6.07) is 15.3. The quantitative estimate of drug-likeness (QED) is 0.879. The predicted octanol–water partition coefficient (Wildman–Crippen LogP) is 4.41. The third-order valence-corrected chi connectivity index (χ3v) is 4.53. The maximum Gasteiger partial charge on any atom is 0.258 e. The summed E-state index contributed by atoms with van der Waals surface area (Å²) in [6.45, 7) is 2.80. The Hall–Kier alpha value is -2.62. The van der Waals surface area contributed by atoms with Gasteiger partial charge < -0.3 is 10.2 Å². The molecule has 0 saturated heterocycles. The molecule has 0 radical (unpaired) electrons. The van der Waals surface area contributed by atoms with Crippen LogP contribution in [0.1, 0.15) is 48.5 Å². The molecule has 2 aromatic rings. The first kappa shape index (κ1) is 17.2. The van der Waals surface area contributed by atoms with Gasteiger partial charge in [-0.05, 0) is 55.2 Å². The zero-order chi connectivity index (χ0) is 17.6. The van der Waals surface area contributed by atoms with Gasteiger partial charge in [-0.25, -0.2) is 0 Å². The summed E-state index contributed by atoms with van der Waals surface area (Å²) in [4.78, 5) is 26.5. The molecule has 4 nitrogen and oxygen atoms in total. The van der Waals surface area contributed by atoms with E-state index >= 15 is 0 Å². The lowest BCUT2D eigenvalue weighted by atomic mass is 10.0. The standard InChI is InChI=1S/C21H24N2O2/c1-2-3-10-20(24)22-18-13-11-17(12-14-18)21(25)23-15-6-8-16-7-4-5-9-19(16)23/h4-5,7,9,11-14H,2-3,6,8,10,15H2,1H3,(H,22,24). The van der Waals surface area contributed by atoms with E-state index in [0.29, 0.717) is 12.0 Å². The lowest BCUT2D eigenvalue weighted by molar-refractivity contribution is -0.116. The fourth-order valence-electron chi connectivity index (χ4n) is 3.16. The van der Waals surface area contributed by atoms with Crippen molar-refractivity contribution in [3.8, 4) is 0 Å². The highest BCUT2D eigenvalue weighted by atomic mass is 16.2. The number of hydrogen-bond donors (Lipinski definition) is 1. The van der Waals surface area contributed by atoms with Crippen LogP contribution in [-0.2, 0) is 11.2 Å². The van der Waals surface area contributed by atoms with Gasteiger partial charge in [0.25, 0.3) is 5.91 Å². The minimum Gasteiger partial charge on any atom is -0.326 e. The molecule has 0 aliphatic carbocycles. The number of fused-ring (bicyclic) bond motifs is 1. The van der Waals surface area contributed by atoms with E-state index in [4.69, 9.17) is 0 Å². The monoisotopic (exact) mass is 336 g/mol. The van der Waals surface area contributed by atoms with Crippen molar-refractivity contribution in [2.75, 3.05) is 16.8 Å². The second-order valence-electron chi connectivity index (χ2n) is 6.42. The Morgan fingerprint density at radius 3 is 2.60 bits per heavy atom. The van der Waals surface area contributed by atoms with E-state index in [1.54, 1.807) is 24.3 Å². The second kappa shape index (κ2) is 7.97. The molecule has 1 aliphatic heterocycles. The molecule has 0 atom stereocenters.